The van der Waals surface area contributed by atoms with E-state index < -0.39 is 16.7 Å². The van der Waals surface area contributed by atoms with Crippen LogP contribution in [0.3, 0.4) is 0 Å². The second kappa shape index (κ2) is 3.33. The lowest BCUT2D eigenvalue weighted by atomic mass is 10.2. The minimum atomic E-state index is -1.42. The molecule has 3 nitrogen and oxygen atoms in total. The van der Waals surface area contributed by atoms with E-state index in [-0.39, 0.29) is 4.91 Å². The molecule has 0 radical (unpaired) electrons. The van der Waals surface area contributed by atoms with Crippen LogP contribution in [0.5, 0.6) is 0 Å². The highest BCUT2D eigenvalue weighted by Gasteiger charge is 2.24. The summed E-state index contributed by atoms with van der Waals surface area (Å²) in [4.78, 5) is 11.7. The number of hydrogen-bond donors (Lipinski definition) is 1. The van der Waals surface area contributed by atoms with Crippen LogP contribution in [0.25, 0.3) is 6.08 Å². The molecule has 5 heteroatoms. The first-order chi connectivity index (χ1) is 6.59. The van der Waals surface area contributed by atoms with Gasteiger partial charge in [0.1, 0.15) is 4.91 Å². The Labute approximate surface area is 91.6 Å². The molecule has 0 saturated carbocycles. The number of amides is 1. The van der Waals surface area contributed by atoms with Gasteiger partial charge in [0.05, 0.1) is 15.7 Å². The van der Waals surface area contributed by atoms with Crippen LogP contribution in [-0.2, 0) is 15.6 Å². The molecule has 72 valence electrons. The number of benzene rings is 1. The zero-order chi connectivity index (χ0) is 10.3. The van der Waals surface area contributed by atoms with Crippen LogP contribution >= 0.6 is 15.9 Å². The van der Waals surface area contributed by atoms with Crippen molar-refractivity contribution in [3.05, 3.63) is 33.1 Å². The van der Waals surface area contributed by atoms with Crippen molar-refractivity contribution in [3.8, 4) is 0 Å². The van der Waals surface area contributed by atoms with E-state index in [1.807, 2.05) is 6.07 Å². The fourth-order valence-electron chi connectivity index (χ4n) is 1.26. The van der Waals surface area contributed by atoms with E-state index in [2.05, 4.69) is 15.9 Å². The maximum absolute atomic E-state index is 11.7. The quantitative estimate of drug-likeness (QED) is 0.840. The molecule has 1 aliphatic heterocycles. The van der Waals surface area contributed by atoms with Crippen molar-refractivity contribution in [2.75, 3.05) is 0 Å². The first-order valence-corrected chi connectivity index (χ1v) is 5.76. The predicted octanol–water partition coefficient (Wildman–Crippen LogP) is 1.40. The minimum Gasteiger partial charge on any atom is -0.365 e. The summed E-state index contributed by atoms with van der Waals surface area (Å²) in [6.07, 6.45) is 1.57. The molecule has 2 rings (SSSR count). The predicted molar refractivity (Wildman–Crippen MR) is 57.7 cm³/mol. The fraction of sp³-hybridized carbons (Fsp3) is 0. The Balaban J connectivity index is 2.57. The maximum Gasteiger partial charge on any atom is 0.258 e. The average molecular weight is 272 g/mol. The van der Waals surface area contributed by atoms with Crippen molar-refractivity contribution in [3.63, 3.8) is 0 Å². The molecule has 2 N–H and O–H groups in total. The van der Waals surface area contributed by atoms with Crippen molar-refractivity contribution in [1.29, 1.82) is 0 Å². The first kappa shape index (κ1) is 9.61. The van der Waals surface area contributed by atoms with Gasteiger partial charge < -0.3 is 5.73 Å². The highest BCUT2D eigenvalue weighted by atomic mass is 79.9. The number of carbonyl (C=O) groups is 1. The van der Waals surface area contributed by atoms with Crippen molar-refractivity contribution >= 4 is 38.7 Å². The molecule has 0 fully saturated rings. The first-order valence-electron chi connectivity index (χ1n) is 3.82. The summed E-state index contributed by atoms with van der Waals surface area (Å²) in [6.45, 7) is 0. The van der Waals surface area contributed by atoms with Crippen molar-refractivity contribution in [2.24, 2.45) is 5.73 Å². The molecule has 0 spiro atoms. The van der Waals surface area contributed by atoms with Gasteiger partial charge in [0, 0.05) is 4.47 Å². The molecular formula is C9H6BrNO2S. The van der Waals surface area contributed by atoms with Gasteiger partial charge in [-0.3, -0.25) is 4.79 Å². The lowest BCUT2D eigenvalue weighted by Crippen LogP contribution is -2.15. The summed E-state index contributed by atoms with van der Waals surface area (Å²) in [5.74, 6) is -0.629. The third-order valence-electron chi connectivity index (χ3n) is 1.90. The summed E-state index contributed by atoms with van der Waals surface area (Å²) in [6, 6.07) is 5.36. The van der Waals surface area contributed by atoms with Crippen molar-refractivity contribution in [2.45, 2.75) is 4.90 Å². The highest BCUT2D eigenvalue weighted by Crippen LogP contribution is 2.31. The Bertz CT molecular complexity index is 482. The normalized spacial score (nSPS) is 18.9. The lowest BCUT2D eigenvalue weighted by Gasteiger charge is -1.98. The number of fused-ring (bicyclic) bond motifs is 1. The molecule has 1 aromatic carbocycles. The summed E-state index contributed by atoms with van der Waals surface area (Å²) < 4.78 is 12.5. The minimum absolute atomic E-state index is 0.165. The van der Waals surface area contributed by atoms with Crippen molar-refractivity contribution in [1.82, 2.24) is 0 Å². The summed E-state index contributed by atoms with van der Waals surface area (Å²) in [5, 5.41) is 0. The Morgan fingerprint density at radius 2 is 2.14 bits per heavy atom. The molecule has 1 amide bonds. The molecule has 0 aliphatic carbocycles. The van der Waals surface area contributed by atoms with Gasteiger partial charge in [0.25, 0.3) is 5.91 Å². The molecule has 1 atom stereocenters. The smallest absolute Gasteiger partial charge is 0.258 e. The van der Waals surface area contributed by atoms with Gasteiger partial charge in [-0.25, -0.2) is 4.21 Å². The topological polar surface area (TPSA) is 60.2 Å². The second-order valence-corrected chi connectivity index (χ2v) is 5.16. The molecule has 1 aliphatic rings. The van der Waals surface area contributed by atoms with Crippen LogP contribution in [0.4, 0.5) is 0 Å². The van der Waals surface area contributed by atoms with Crippen LogP contribution in [-0.4, -0.2) is 10.1 Å². The molecule has 0 aromatic heterocycles. The molecule has 1 heterocycles. The molecular weight excluding hydrogens is 266 g/mol. The van der Waals surface area contributed by atoms with E-state index in [1.165, 1.54) is 0 Å². The molecule has 1 aromatic rings. The van der Waals surface area contributed by atoms with Crippen LogP contribution in [0.1, 0.15) is 5.56 Å². The van der Waals surface area contributed by atoms with Gasteiger partial charge in [0.2, 0.25) is 0 Å². The average Bonchev–Trinajstić information content (AvgIpc) is 2.44. The fourth-order valence-corrected chi connectivity index (χ4v) is 3.01. The zero-order valence-electron chi connectivity index (χ0n) is 6.99. The SMILES string of the molecule is NC(=O)C1=Cc2ccc(Br)cc2S1=O. The number of halogens is 1. The van der Waals surface area contributed by atoms with E-state index in [0.29, 0.717) is 4.90 Å². The van der Waals surface area contributed by atoms with E-state index in [0.717, 1.165) is 10.0 Å². The zero-order valence-corrected chi connectivity index (χ0v) is 9.39. The van der Waals surface area contributed by atoms with Crippen molar-refractivity contribution < 1.29 is 9.00 Å². The molecule has 0 bridgehead atoms. The summed E-state index contributed by atoms with van der Waals surface area (Å²) >= 11 is 3.28. The Morgan fingerprint density at radius 1 is 1.43 bits per heavy atom. The van der Waals surface area contributed by atoms with Crippen LogP contribution in [0.2, 0.25) is 0 Å². The largest absolute Gasteiger partial charge is 0.365 e. The molecule has 14 heavy (non-hydrogen) atoms. The standard InChI is InChI=1S/C9H6BrNO2S/c10-6-2-1-5-3-8(9(11)12)14(13)7(5)4-6/h1-4H,(H2,11,12). The van der Waals surface area contributed by atoms with E-state index in [4.69, 9.17) is 5.73 Å². The van der Waals surface area contributed by atoms with E-state index in [1.54, 1.807) is 18.2 Å². The van der Waals surface area contributed by atoms with Crippen LogP contribution in [0.15, 0.2) is 32.5 Å². The van der Waals surface area contributed by atoms with Gasteiger partial charge in [-0.05, 0) is 23.8 Å². The Morgan fingerprint density at radius 3 is 2.79 bits per heavy atom. The number of nitrogens with two attached hydrogens (primary N) is 1. The monoisotopic (exact) mass is 271 g/mol. The molecule has 0 saturated heterocycles. The molecule has 1 unspecified atom stereocenters. The Hall–Kier alpha value is -0.940. The summed E-state index contributed by atoms with van der Waals surface area (Å²) in [7, 11) is -1.42. The van der Waals surface area contributed by atoms with E-state index in [9.17, 15) is 9.00 Å². The number of hydrogen-bond acceptors (Lipinski definition) is 2. The Kier molecular flexibility index (Phi) is 2.28. The maximum atomic E-state index is 11.7. The van der Waals surface area contributed by atoms with E-state index >= 15 is 0 Å². The number of carbonyl (C=O) groups excluding carboxylic acids is 1. The van der Waals surface area contributed by atoms with Gasteiger partial charge in [-0.15, -0.1) is 0 Å². The second-order valence-electron chi connectivity index (χ2n) is 2.82. The van der Waals surface area contributed by atoms with Crippen LogP contribution in [0, 0.1) is 0 Å². The number of rotatable bonds is 1. The number of primary amides is 1. The highest BCUT2D eigenvalue weighted by molar-refractivity contribution is 9.10. The van der Waals surface area contributed by atoms with Gasteiger partial charge in [-0.2, -0.15) is 0 Å². The van der Waals surface area contributed by atoms with Gasteiger partial charge in [-0.1, -0.05) is 22.0 Å². The summed E-state index contributed by atoms with van der Waals surface area (Å²) in [5.41, 5.74) is 5.89. The third-order valence-corrected chi connectivity index (χ3v) is 3.87. The third kappa shape index (κ3) is 1.42. The van der Waals surface area contributed by atoms with Gasteiger partial charge in [0.15, 0.2) is 0 Å². The lowest BCUT2D eigenvalue weighted by molar-refractivity contribution is -0.113. The van der Waals surface area contributed by atoms with Crippen LogP contribution < -0.4 is 5.73 Å². The van der Waals surface area contributed by atoms with Gasteiger partial charge >= 0.3 is 0 Å².